The third-order valence-electron chi connectivity index (χ3n) is 8.44. The number of ether oxygens (including phenoxy) is 3. The first kappa shape index (κ1) is 33.6. The summed E-state index contributed by atoms with van der Waals surface area (Å²) in [6.07, 6.45) is 7.08. The van der Waals surface area contributed by atoms with Crippen LogP contribution in [0.15, 0.2) is 55.1 Å². The van der Waals surface area contributed by atoms with Crippen molar-refractivity contribution in [2.75, 3.05) is 27.4 Å². The molecule has 0 saturated heterocycles. The van der Waals surface area contributed by atoms with Crippen molar-refractivity contribution in [2.24, 2.45) is 0 Å². The number of aromatic nitrogens is 3. The molecule has 0 aliphatic rings. The van der Waals surface area contributed by atoms with Gasteiger partial charge in [-0.15, -0.1) is 0 Å². The molecule has 0 unspecified atom stereocenters. The maximum absolute atomic E-state index is 13.4. The van der Waals surface area contributed by atoms with Crippen LogP contribution in [0.1, 0.15) is 55.2 Å². The fourth-order valence-corrected chi connectivity index (χ4v) is 6.38. The lowest BCUT2D eigenvalue weighted by Crippen LogP contribution is -2.41. The maximum atomic E-state index is 13.4. The van der Waals surface area contributed by atoms with Crippen molar-refractivity contribution in [3.05, 3.63) is 77.0 Å². The Labute approximate surface area is 266 Å². The molecule has 236 valence electrons. The van der Waals surface area contributed by atoms with Crippen LogP contribution in [0.4, 0.5) is 0 Å². The quantitative estimate of drug-likeness (QED) is 0.0784. The second-order valence-corrected chi connectivity index (χ2v) is 17.6. The van der Waals surface area contributed by atoms with Crippen molar-refractivity contribution in [1.29, 1.82) is 0 Å². The fourth-order valence-electron chi connectivity index (χ4n) is 5.03. The van der Waals surface area contributed by atoms with E-state index in [-0.39, 0.29) is 11.0 Å². The zero-order valence-electron chi connectivity index (χ0n) is 26.9. The standard InChI is InChI=1S/C34H44ClN3O5Si/c1-34(2,3)44(6,7)43-19-8-10-27-28-15-16-29(35)30(25-20-36-23-37-21-25)31(28)38(32(27)33(39)41-5)17-9-18-42-22-24-11-13-26(40-4)14-12-24/h11-16,20-21,23H,8-10,17-19,22H2,1-7H3. The molecule has 0 bridgehead atoms. The molecule has 44 heavy (non-hydrogen) atoms. The molecule has 0 saturated carbocycles. The zero-order valence-corrected chi connectivity index (χ0v) is 28.7. The molecule has 2 aromatic carbocycles. The summed E-state index contributed by atoms with van der Waals surface area (Å²) in [6, 6.07) is 11.7. The van der Waals surface area contributed by atoms with Gasteiger partial charge in [0.2, 0.25) is 0 Å². The van der Waals surface area contributed by atoms with Crippen LogP contribution in [0.3, 0.4) is 0 Å². The van der Waals surface area contributed by atoms with Gasteiger partial charge >= 0.3 is 5.97 Å². The van der Waals surface area contributed by atoms with E-state index in [1.807, 2.05) is 41.0 Å². The lowest BCUT2D eigenvalue weighted by Gasteiger charge is -2.36. The van der Waals surface area contributed by atoms with E-state index in [0.29, 0.717) is 49.9 Å². The van der Waals surface area contributed by atoms with Crippen LogP contribution in [-0.4, -0.2) is 56.3 Å². The molecule has 2 aromatic heterocycles. The van der Waals surface area contributed by atoms with E-state index in [4.69, 9.17) is 30.2 Å². The first-order valence-corrected chi connectivity index (χ1v) is 18.3. The van der Waals surface area contributed by atoms with Crippen LogP contribution >= 0.6 is 11.6 Å². The Bertz CT molecular complexity index is 1550. The zero-order chi connectivity index (χ0) is 31.9. The number of aryl methyl sites for hydroxylation is 2. The van der Waals surface area contributed by atoms with E-state index in [9.17, 15) is 4.79 Å². The monoisotopic (exact) mass is 637 g/mol. The third kappa shape index (κ3) is 7.69. The van der Waals surface area contributed by atoms with E-state index >= 15 is 0 Å². The van der Waals surface area contributed by atoms with Crippen LogP contribution in [0.5, 0.6) is 5.75 Å². The van der Waals surface area contributed by atoms with E-state index in [0.717, 1.165) is 45.3 Å². The van der Waals surface area contributed by atoms with Gasteiger partial charge in [-0.1, -0.05) is 50.6 Å². The molecule has 4 rings (SSSR count). The molecule has 0 N–H and O–H groups in total. The molecule has 0 atom stereocenters. The van der Waals surface area contributed by atoms with Gasteiger partial charge in [0.25, 0.3) is 0 Å². The molecular weight excluding hydrogens is 594 g/mol. The van der Waals surface area contributed by atoms with Crippen molar-refractivity contribution < 1.29 is 23.4 Å². The van der Waals surface area contributed by atoms with Crippen molar-refractivity contribution in [3.63, 3.8) is 0 Å². The van der Waals surface area contributed by atoms with Crippen LogP contribution in [0, 0.1) is 0 Å². The van der Waals surface area contributed by atoms with Gasteiger partial charge < -0.3 is 23.2 Å². The van der Waals surface area contributed by atoms with E-state index in [1.54, 1.807) is 19.5 Å². The molecular formula is C34H44ClN3O5Si. The van der Waals surface area contributed by atoms with Gasteiger partial charge in [0.15, 0.2) is 8.32 Å². The summed E-state index contributed by atoms with van der Waals surface area (Å²) in [7, 11) is 1.17. The normalized spacial score (nSPS) is 12.1. The van der Waals surface area contributed by atoms with Gasteiger partial charge in [-0.2, -0.15) is 0 Å². The number of hydrogen-bond acceptors (Lipinski definition) is 7. The van der Waals surface area contributed by atoms with Crippen LogP contribution < -0.4 is 4.74 Å². The summed E-state index contributed by atoms with van der Waals surface area (Å²) in [5.74, 6) is 0.427. The minimum absolute atomic E-state index is 0.124. The van der Waals surface area contributed by atoms with Crippen molar-refractivity contribution in [1.82, 2.24) is 14.5 Å². The maximum Gasteiger partial charge on any atom is 0.354 e. The molecule has 0 radical (unpaired) electrons. The Morgan fingerprint density at radius 1 is 0.977 bits per heavy atom. The summed E-state index contributed by atoms with van der Waals surface area (Å²) in [4.78, 5) is 21.9. The van der Waals surface area contributed by atoms with Crippen LogP contribution in [-0.2, 0) is 33.5 Å². The summed E-state index contributed by atoms with van der Waals surface area (Å²) >= 11 is 6.84. The number of halogens is 1. The van der Waals surface area contributed by atoms with E-state index in [1.165, 1.54) is 13.4 Å². The average molecular weight is 638 g/mol. The van der Waals surface area contributed by atoms with Gasteiger partial charge in [-0.05, 0) is 66.7 Å². The topological polar surface area (TPSA) is 84.7 Å². The van der Waals surface area contributed by atoms with E-state index in [2.05, 4.69) is 43.8 Å². The predicted molar refractivity (Wildman–Crippen MR) is 178 cm³/mol. The largest absolute Gasteiger partial charge is 0.497 e. The second-order valence-electron chi connectivity index (χ2n) is 12.4. The smallest absolute Gasteiger partial charge is 0.354 e. The Hall–Kier alpha value is -3.24. The van der Waals surface area contributed by atoms with Crippen LogP contribution in [0.2, 0.25) is 23.2 Å². The lowest BCUT2D eigenvalue weighted by molar-refractivity contribution is 0.0585. The van der Waals surface area contributed by atoms with Gasteiger partial charge in [0.1, 0.15) is 17.8 Å². The Balaban J connectivity index is 1.66. The van der Waals surface area contributed by atoms with E-state index < -0.39 is 8.32 Å². The van der Waals surface area contributed by atoms with Crippen molar-refractivity contribution >= 4 is 36.8 Å². The highest BCUT2D eigenvalue weighted by molar-refractivity contribution is 6.74. The van der Waals surface area contributed by atoms with Crippen LogP contribution in [0.25, 0.3) is 22.0 Å². The number of fused-ring (bicyclic) bond motifs is 1. The Morgan fingerprint density at radius 3 is 2.32 bits per heavy atom. The summed E-state index contributed by atoms with van der Waals surface area (Å²) in [5.41, 5.74) is 4.96. The molecule has 4 aromatic rings. The lowest BCUT2D eigenvalue weighted by atomic mass is 10.0. The van der Waals surface area contributed by atoms with Gasteiger partial charge in [-0.25, -0.2) is 14.8 Å². The number of benzene rings is 2. The summed E-state index contributed by atoms with van der Waals surface area (Å²) in [5, 5.41) is 1.64. The highest BCUT2D eigenvalue weighted by Gasteiger charge is 2.37. The van der Waals surface area contributed by atoms with Gasteiger partial charge in [0.05, 0.1) is 31.4 Å². The highest BCUT2D eigenvalue weighted by Crippen LogP contribution is 2.40. The third-order valence-corrected chi connectivity index (χ3v) is 13.3. The Kier molecular flexibility index (Phi) is 11.2. The Morgan fingerprint density at radius 2 is 1.68 bits per heavy atom. The first-order valence-electron chi connectivity index (χ1n) is 15.0. The number of hydrogen-bond donors (Lipinski definition) is 0. The molecule has 8 nitrogen and oxygen atoms in total. The number of nitrogens with zero attached hydrogens (tertiary/aromatic N) is 3. The van der Waals surface area contributed by atoms with Gasteiger partial charge in [0, 0.05) is 48.7 Å². The minimum atomic E-state index is -1.90. The first-order chi connectivity index (χ1) is 21.0. The molecule has 0 aliphatic carbocycles. The SMILES string of the molecule is COC(=O)c1c(CCCO[Si](C)(C)C(C)(C)C)c2ccc(Cl)c(-c3cncnc3)c2n1CCCOCc1ccc(OC)cc1. The number of methoxy groups -OCH3 is 2. The summed E-state index contributed by atoms with van der Waals surface area (Å²) < 4.78 is 25.1. The predicted octanol–water partition coefficient (Wildman–Crippen LogP) is 8.11. The van der Waals surface area contributed by atoms with Crippen molar-refractivity contribution in [2.45, 2.75) is 71.3 Å². The van der Waals surface area contributed by atoms with Gasteiger partial charge in [-0.3, -0.25) is 0 Å². The number of carbonyl (C=O) groups excluding carboxylic acids is 1. The molecule has 0 amide bonds. The fraction of sp³-hybridized carbons (Fsp3) is 0.441. The average Bonchev–Trinajstić information content (AvgIpc) is 3.31. The summed E-state index contributed by atoms with van der Waals surface area (Å²) in [6.45, 7) is 13.4. The molecule has 2 heterocycles. The number of carbonyl (C=O) groups is 1. The highest BCUT2D eigenvalue weighted by atomic mass is 35.5. The molecule has 0 fully saturated rings. The van der Waals surface area contributed by atoms with Crippen molar-refractivity contribution in [3.8, 4) is 16.9 Å². The number of rotatable bonds is 14. The molecule has 0 aliphatic heterocycles. The number of esters is 1. The molecule has 0 spiro atoms. The second kappa shape index (κ2) is 14.7. The molecule has 10 heteroatoms. The minimum Gasteiger partial charge on any atom is -0.497 e.